The Hall–Kier alpha value is -0.920. The lowest BCUT2D eigenvalue weighted by molar-refractivity contribution is -0.138. The minimum Gasteiger partial charge on any atom is -0.490 e. The summed E-state index contributed by atoms with van der Waals surface area (Å²) >= 11 is 5.09. The van der Waals surface area contributed by atoms with Crippen LogP contribution in [0.2, 0.25) is 0 Å². The van der Waals surface area contributed by atoms with Crippen LogP contribution in [0.5, 0.6) is 11.5 Å². The summed E-state index contributed by atoms with van der Waals surface area (Å²) in [5.74, 6) is 1.19. The number of carboxylic acids is 1. The zero-order valence-corrected chi connectivity index (χ0v) is 13.0. The van der Waals surface area contributed by atoms with Crippen LogP contribution < -0.4 is 14.8 Å². The highest BCUT2D eigenvalue weighted by Gasteiger charge is 2.31. The molecule has 0 amide bonds. The first-order valence-electron chi connectivity index (χ1n) is 6.34. The lowest BCUT2D eigenvalue weighted by atomic mass is 10.2. The van der Waals surface area contributed by atoms with Crippen LogP contribution in [-0.2, 0) is 4.79 Å². The van der Waals surface area contributed by atoms with Crippen LogP contribution in [0.4, 0.5) is 0 Å². The van der Waals surface area contributed by atoms with Gasteiger partial charge in [-0.15, -0.1) is 11.8 Å². The largest absolute Gasteiger partial charge is 0.490 e. The number of nitrogens with one attached hydrogen (secondary N) is 1. The molecule has 1 aromatic rings. The lowest BCUT2D eigenvalue weighted by Gasteiger charge is -2.16. The van der Waals surface area contributed by atoms with Crippen molar-refractivity contribution in [2.24, 2.45) is 0 Å². The highest BCUT2D eigenvalue weighted by atomic mass is 79.9. The Balaban J connectivity index is 1.86. The molecule has 1 fully saturated rings. The number of fused-ring (bicyclic) bond motifs is 1. The second kappa shape index (κ2) is 5.83. The molecule has 7 heteroatoms. The maximum atomic E-state index is 11.0. The number of aliphatic carboxylic acids is 1. The summed E-state index contributed by atoms with van der Waals surface area (Å²) in [5, 5.41) is 12.1. The average molecular weight is 360 g/mol. The molecule has 20 heavy (non-hydrogen) atoms. The zero-order chi connectivity index (χ0) is 14.1. The first-order chi connectivity index (χ1) is 9.65. The van der Waals surface area contributed by atoms with Gasteiger partial charge in [-0.25, -0.2) is 0 Å². The van der Waals surface area contributed by atoms with Crippen LogP contribution in [0, 0.1) is 0 Å². The Morgan fingerprint density at radius 3 is 2.95 bits per heavy atom. The quantitative estimate of drug-likeness (QED) is 0.844. The molecule has 2 N–H and O–H groups in total. The van der Waals surface area contributed by atoms with Gasteiger partial charge in [0.05, 0.1) is 23.1 Å². The fourth-order valence-electron chi connectivity index (χ4n) is 2.21. The normalized spacial score (nSPS) is 25.2. The molecule has 1 saturated heterocycles. The van der Waals surface area contributed by atoms with Crippen molar-refractivity contribution >= 4 is 33.7 Å². The van der Waals surface area contributed by atoms with Crippen LogP contribution in [-0.4, -0.2) is 36.1 Å². The van der Waals surface area contributed by atoms with E-state index in [0.717, 1.165) is 22.2 Å². The summed E-state index contributed by atoms with van der Waals surface area (Å²) < 4.78 is 12.2. The van der Waals surface area contributed by atoms with Gasteiger partial charge < -0.3 is 14.6 Å². The molecule has 3 rings (SSSR count). The molecule has 0 aromatic heterocycles. The molecule has 2 atom stereocenters. The Kier molecular flexibility index (Phi) is 4.09. The predicted octanol–water partition coefficient (Wildman–Crippen LogP) is 2.40. The zero-order valence-electron chi connectivity index (χ0n) is 10.6. The number of carbonyl (C=O) groups is 1. The van der Waals surface area contributed by atoms with Crippen molar-refractivity contribution in [2.45, 2.75) is 17.8 Å². The average Bonchev–Trinajstić information content (AvgIpc) is 2.79. The van der Waals surface area contributed by atoms with Crippen molar-refractivity contribution in [1.29, 1.82) is 0 Å². The molecular weight excluding hydrogens is 346 g/mol. The van der Waals surface area contributed by atoms with Gasteiger partial charge in [-0.1, -0.05) is 0 Å². The van der Waals surface area contributed by atoms with E-state index < -0.39 is 12.0 Å². The number of rotatable bonds is 2. The first kappa shape index (κ1) is 14.0. The second-order valence-electron chi connectivity index (χ2n) is 4.65. The number of halogens is 1. The second-order valence-corrected chi connectivity index (χ2v) is 6.64. The molecular formula is C13H14BrNO4S. The standard InChI is InChI=1S/C13H14BrNO4S/c14-8-4-7(12-15-9(6-20-12)13(16)17)5-10-11(8)19-3-1-2-18-10/h4-5,9,12,15H,1-3,6H2,(H,16,17)/t9-,12?/m1/s1. The van der Waals surface area contributed by atoms with Crippen LogP contribution in [0.15, 0.2) is 16.6 Å². The van der Waals surface area contributed by atoms with Crippen LogP contribution >= 0.6 is 27.7 Å². The van der Waals surface area contributed by atoms with Crippen LogP contribution in [0.25, 0.3) is 0 Å². The SMILES string of the molecule is O=C(O)[C@H]1CSC(c2cc(Br)c3c(c2)OCCCO3)N1. The third kappa shape index (κ3) is 2.75. The molecule has 1 aromatic carbocycles. The Morgan fingerprint density at radius 2 is 2.20 bits per heavy atom. The molecule has 0 saturated carbocycles. The van der Waals surface area contributed by atoms with E-state index in [1.54, 1.807) is 11.8 Å². The number of carboxylic acid groups (broad SMARTS) is 1. The maximum absolute atomic E-state index is 11.0. The topological polar surface area (TPSA) is 67.8 Å². The number of thioether (sulfide) groups is 1. The van der Waals surface area contributed by atoms with Crippen molar-refractivity contribution in [1.82, 2.24) is 5.32 Å². The molecule has 0 bridgehead atoms. The van der Waals surface area contributed by atoms with E-state index >= 15 is 0 Å². The summed E-state index contributed by atoms with van der Waals surface area (Å²) in [7, 11) is 0. The smallest absolute Gasteiger partial charge is 0.321 e. The van der Waals surface area contributed by atoms with Crippen molar-refractivity contribution in [3.63, 3.8) is 0 Å². The number of benzene rings is 1. The molecule has 1 unspecified atom stereocenters. The summed E-state index contributed by atoms with van der Waals surface area (Å²) in [6, 6.07) is 3.39. The first-order valence-corrected chi connectivity index (χ1v) is 8.19. The van der Waals surface area contributed by atoms with E-state index in [1.165, 1.54) is 0 Å². The van der Waals surface area contributed by atoms with Gasteiger partial charge >= 0.3 is 5.97 Å². The number of hydrogen-bond acceptors (Lipinski definition) is 5. The predicted molar refractivity (Wildman–Crippen MR) is 79.5 cm³/mol. The molecule has 2 aliphatic heterocycles. The van der Waals surface area contributed by atoms with E-state index in [0.29, 0.717) is 24.7 Å². The van der Waals surface area contributed by atoms with E-state index in [2.05, 4.69) is 21.2 Å². The van der Waals surface area contributed by atoms with Gasteiger partial charge in [0.1, 0.15) is 6.04 Å². The van der Waals surface area contributed by atoms with Crippen molar-refractivity contribution < 1.29 is 19.4 Å². The van der Waals surface area contributed by atoms with Gasteiger partial charge in [0.15, 0.2) is 11.5 Å². The lowest BCUT2D eigenvalue weighted by Crippen LogP contribution is -2.33. The monoisotopic (exact) mass is 359 g/mol. The van der Waals surface area contributed by atoms with Crippen molar-refractivity contribution in [2.75, 3.05) is 19.0 Å². The summed E-state index contributed by atoms with van der Waals surface area (Å²) in [6.45, 7) is 1.27. The van der Waals surface area contributed by atoms with Crippen LogP contribution in [0.3, 0.4) is 0 Å². The van der Waals surface area contributed by atoms with Gasteiger partial charge in [-0.3, -0.25) is 10.1 Å². The third-order valence-electron chi connectivity index (χ3n) is 3.21. The van der Waals surface area contributed by atoms with Crippen LogP contribution in [0.1, 0.15) is 17.4 Å². The van der Waals surface area contributed by atoms with E-state index in [1.807, 2.05) is 12.1 Å². The fourth-order valence-corrected chi connectivity index (χ4v) is 4.00. The Labute approximate surface area is 129 Å². The van der Waals surface area contributed by atoms with Gasteiger partial charge in [0, 0.05) is 12.2 Å². The highest BCUT2D eigenvalue weighted by molar-refractivity contribution is 9.10. The molecule has 108 valence electrons. The molecule has 2 heterocycles. The molecule has 0 radical (unpaired) electrons. The summed E-state index contributed by atoms with van der Waals surface area (Å²) in [5.41, 5.74) is 0.995. The number of ether oxygens (including phenoxy) is 2. The van der Waals surface area contributed by atoms with E-state index in [-0.39, 0.29) is 5.37 Å². The van der Waals surface area contributed by atoms with Gasteiger partial charge in [0.25, 0.3) is 0 Å². The highest BCUT2D eigenvalue weighted by Crippen LogP contribution is 2.42. The van der Waals surface area contributed by atoms with Gasteiger partial charge in [-0.05, 0) is 33.6 Å². The van der Waals surface area contributed by atoms with Crippen molar-refractivity contribution in [3.05, 3.63) is 22.2 Å². The Bertz CT molecular complexity index is 539. The van der Waals surface area contributed by atoms with Gasteiger partial charge in [0.2, 0.25) is 0 Å². The van der Waals surface area contributed by atoms with E-state index in [9.17, 15) is 4.79 Å². The molecule has 0 spiro atoms. The molecule has 5 nitrogen and oxygen atoms in total. The summed E-state index contributed by atoms with van der Waals surface area (Å²) in [6.07, 6.45) is 0.855. The minimum atomic E-state index is -0.812. The summed E-state index contributed by atoms with van der Waals surface area (Å²) in [4.78, 5) is 11.0. The fraction of sp³-hybridized carbons (Fsp3) is 0.462. The Morgan fingerprint density at radius 1 is 1.40 bits per heavy atom. The van der Waals surface area contributed by atoms with Crippen molar-refractivity contribution in [3.8, 4) is 11.5 Å². The minimum absolute atomic E-state index is 0.0375. The maximum Gasteiger partial charge on any atom is 0.321 e. The molecule has 2 aliphatic rings. The van der Waals surface area contributed by atoms with E-state index in [4.69, 9.17) is 14.6 Å². The molecule has 0 aliphatic carbocycles. The number of hydrogen-bond donors (Lipinski definition) is 2. The van der Waals surface area contributed by atoms with Gasteiger partial charge in [-0.2, -0.15) is 0 Å². The third-order valence-corrected chi connectivity index (χ3v) is 5.06.